The molecule has 3 aromatic rings. The predicted molar refractivity (Wildman–Crippen MR) is 95.4 cm³/mol. The molecule has 0 fully saturated rings. The number of alkyl halides is 3. The second kappa shape index (κ2) is 7.22. The smallest absolute Gasteiger partial charge is 0.382 e. The molecule has 10 heteroatoms. The fraction of sp³-hybridized carbons (Fsp3) is 0.167. The van der Waals surface area contributed by atoms with Crippen molar-refractivity contribution in [1.82, 2.24) is 9.55 Å². The molecule has 2 aromatic carbocycles. The number of aromatic nitrogens is 2. The summed E-state index contributed by atoms with van der Waals surface area (Å²) in [5.74, 6) is 0.0923. The van der Waals surface area contributed by atoms with Crippen LogP contribution in [0.25, 0.3) is 5.69 Å². The van der Waals surface area contributed by atoms with Gasteiger partial charge in [-0.1, -0.05) is 0 Å². The predicted octanol–water partition coefficient (Wildman–Crippen LogP) is 4.82. The second-order valence-electron chi connectivity index (χ2n) is 6.10. The number of halogens is 3. The molecule has 0 aliphatic rings. The van der Waals surface area contributed by atoms with Gasteiger partial charge in [0.05, 0.1) is 34.3 Å². The Bertz CT molecular complexity index is 1030. The van der Waals surface area contributed by atoms with Crippen molar-refractivity contribution in [3.8, 4) is 11.4 Å². The van der Waals surface area contributed by atoms with Crippen LogP contribution in [0.4, 0.5) is 24.5 Å². The standard InChI is InChI=1S/C18H15F3N4O3/c1-11-3-4-16(8-17(11)25(26)27)28-23-14-5-13(18(19,20)21)6-15(7-14)24-9-12(2)22-10-24/h3-10,23H,1-2H3. The minimum atomic E-state index is -4.56. The van der Waals surface area contributed by atoms with E-state index >= 15 is 0 Å². The molecule has 7 nitrogen and oxygen atoms in total. The van der Waals surface area contributed by atoms with E-state index in [4.69, 9.17) is 4.84 Å². The van der Waals surface area contributed by atoms with Crippen molar-refractivity contribution in [2.75, 3.05) is 5.48 Å². The van der Waals surface area contributed by atoms with Gasteiger partial charge in [-0.2, -0.15) is 13.2 Å². The molecule has 0 unspecified atom stereocenters. The number of nitrogens with one attached hydrogen (secondary N) is 1. The summed E-state index contributed by atoms with van der Waals surface area (Å²) >= 11 is 0. The van der Waals surface area contributed by atoms with Gasteiger partial charge >= 0.3 is 6.18 Å². The van der Waals surface area contributed by atoms with Crippen molar-refractivity contribution >= 4 is 11.4 Å². The first-order chi connectivity index (χ1) is 13.1. The maximum Gasteiger partial charge on any atom is 0.416 e. The van der Waals surface area contributed by atoms with Crippen LogP contribution >= 0.6 is 0 Å². The number of nitrogens with zero attached hydrogens (tertiary/aromatic N) is 3. The lowest BCUT2D eigenvalue weighted by Gasteiger charge is -2.14. The summed E-state index contributed by atoms with van der Waals surface area (Å²) in [7, 11) is 0. The van der Waals surface area contributed by atoms with Gasteiger partial charge < -0.3 is 9.40 Å². The molecular weight excluding hydrogens is 377 g/mol. The van der Waals surface area contributed by atoms with Gasteiger partial charge in [0.1, 0.15) is 0 Å². The van der Waals surface area contributed by atoms with Crippen LogP contribution in [0.5, 0.6) is 5.75 Å². The molecule has 0 aliphatic heterocycles. The van der Waals surface area contributed by atoms with E-state index in [1.165, 1.54) is 35.2 Å². The number of aryl methyl sites for hydroxylation is 2. The molecule has 1 aromatic heterocycles. The fourth-order valence-electron chi connectivity index (χ4n) is 2.51. The van der Waals surface area contributed by atoms with Gasteiger partial charge in [0.15, 0.2) is 5.75 Å². The average Bonchev–Trinajstić information content (AvgIpc) is 3.06. The molecule has 0 saturated heterocycles. The quantitative estimate of drug-likeness (QED) is 0.497. The summed E-state index contributed by atoms with van der Waals surface area (Å²) in [4.78, 5) is 19.7. The number of hydrogen-bond donors (Lipinski definition) is 1. The summed E-state index contributed by atoms with van der Waals surface area (Å²) in [6, 6.07) is 7.47. The molecule has 0 amide bonds. The normalized spacial score (nSPS) is 11.3. The maximum atomic E-state index is 13.2. The van der Waals surface area contributed by atoms with Crippen LogP contribution in [0.2, 0.25) is 0 Å². The van der Waals surface area contributed by atoms with E-state index in [-0.39, 0.29) is 22.8 Å². The average molecular weight is 392 g/mol. The van der Waals surface area contributed by atoms with Crippen LogP contribution in [-0.4, -0.2) is 14.5 Å². The third-order valence-corrected chi connectivity index (χ3v) is 3.92. The lowest BCUT2D eigenvalue weighted by molar-refractivity contribution is -0.385. The van der Waals surface area contributed by atoms with Crippen molar-refractivity contribution in [3.63, 3.8) is 0 Å². The Morgan fingerprint density at radius 1 is 1.18 bits per heavy atom. The monoisotopic (exact) mass is 392 g/mol. The summed E-state index contributed by atoms with van der Waals surface area (Å²) in [5, 5.41) is 11.0. The Morgan fingerprint density at radius 2 is 1.93 bits per heavy atom. The first-order valence-corrected chi connectivity index (χ1v) is 8.04. The van der Waals surface area contributed by atoms with Crippen LogP contribution in [-0.2, 0) is 6.18 Å². The van der Waals surface area contributed by atoms with Gasteiger partial charge in [-0.15, -0.1) is 0 Å². The van der Waals surface area contributed by atoms with E-state index in [9.17, 15) is 23.3 Å². The Labute approximate surface area is 157 Å². The summed E-state index contributed by atoms with van der Waals surface area (Å²) in [6.07, 6.45) is -1.58. The molecular formula is C18H15F3N4O3. The highest BCUT2D eigenvalue weighted by molar-refractivity contribution is 5.54. The first kappa shape index (κ1) is 19.2. The van der Waals surface area contributed by atoms with E-state index < -0.39 is 16.7 Å². The molecule has 0 saturated carbocycles. The van der Waals surface area contributed by atoms with E-state index in [1.807, 2.05) is 0 Å². The van der Waals surface area contributed by atoms with Crippen molar-refractivity contribution in [3.05, 3.63) is 75.9 Å². The van der Waals surface area contributed by atoms with Crippen LogP contribution in [0.15, 0.2) is 48.9 Å². The number of hydrogen-bond acceptors (Lipinski definition) is 5. The third-order valence-electron chi connectivity index (χ3n) is 3.92. The van der Waals surface area contributed by atoms with Gasteiger partial charge in [0, 0.05) is 17.4 Å². The zero-order valence-corrected chi connectivity index (χ0v) is 14.8. The van der Waals surface area contributed by atoms with Crippen molar-refractivity contribution in [2.24, 2.45) is 0 Å². The molecule has 1 N–H and O–H groups in total. The topological polar surface area (TPSA) is 82.2 Å². The number of imidazole rings is 1. The molecule has 0 aliphatic carbocycles. The largest absolute Gasteiger partial charge is 0.416 e. The Kier molecular flexibility index (Phi) is 4.95. The first-order valence-electron chi connectivity index (χ1n) is 8.04. The van der Waals surface area contributed by atoms with Gasteiger partial charge in [0.2, 0.25) is 0 Å². The van der Waals surface area contributed by atoms with Crippen molar-refractivity contribution < 1.29 is 22.9 Å². The van der Waals surface area contributed by atoms with E-state index in [0.717, 1.165) is 12.1 Å². The van der Waals surface area contributed by atoms with Gasteiger partial charge in [-0.05, 0) is 44.2 Å². The molecule has 0 spiro atoms. The van der Waals surface area contributed by atoms with Crippen molar-refractivity contribution in [1.29, 1.82) is 0 Å². The van der Waals surface area contributed by atoms with Gasteiger partial charge in [-0.3, -0.25) is 10.1 Å². The zero-order valence-electron chi connectivity index (χ0n) is 14.8. The van der Waals surface area contributed by atoms with E-state index in [0.29, 0.717) is 11.3 Å². The number of rotatable bonds is 5. The summed E-state index contributed by atoms with van der Waals surface area (Å²) in [5.41, 5.74) is 2.73. The SMILES string of the molecule is Cc1cn(-c2cc(NOc3ccc(C)c([N+](=O)[O-])c3)cc(C(F)(F)F)c2)cn1. The maximum absolute atomic E-state index is 13.2. The minimum absolute atomic E-state index is 0.0272. The van der Waals surface area contributed by atoms with Gasteiger partial charge in [-0.25, -0.2) is 10.5 Å². The van der Waals surface area contributed by atoms with Crippen LogP contribution < -0.4 is 10.3 Å². The van der Waals surface area contributed by atoms with Crippen LogP contribution in [0, 0.1) is 24.0 Å². The van der Waals surface area contributed by atoms with Crippen LogP contribution in [0.3, 0.4) is 0 Å². The molecule has 0 radical (unpaired) electrons. The fourth-order valence-corrected chi connectivity index (χ4v) is 2.51. The third kappa shape index (κ3) is 4.22. The van der Waals surface area contributed by atoms with E-state index in [2.05, 4.69) is 10.5 Å². The highest BCUT2D eigenvalue weighted by atomic mass is 19.4. The highest BCUT2D eigenvalue weighted by Gasteiger charge is 2.31. The van der Waals surface area contributed by atoms with Gasteiger partial charge in [0.25, 0.3) is 5.69 Å². The van der Waals surface area contributed by atoms with E-state index in [1.54, 1.807) is 20.0 Å². The molecule has 146 valence electrons. The molecule has 28 heavy (non-hydrogen) atoms. The molecule has 1 heterocycles. The lowest BCUT2D eigenvalue weighted by atomic mass is 10.1. The zero-order chi connectivity index (χ0) is 20.5. The Hall–Kier alpha value is -3.56. The minimum Gasteiger partial charge on any atom is -0.382 e. The lowest BCUT2D eigenvalue weighted by Crippen LogP contribution is -2.10. The van der Waals surface area contributed by atoms with Crippen LogP contribution in [0.1, 0.15) is 16.8 Å². The highest BCUT2D eigenvalue weighted by Crippen LogP contribution is 2.33. The van der Waals surface area contributed by atoms with Crippen molar-refractivity contribution in [2.45, 2.75) is 20.0 Å². The molecule has 0 bridgehead atoms. The number of nitro benzene ring substituents is 1. The number of anilines is 1. The molecule has 3 rings (SSSR count). The Morgan fingerprint density at radius 3 is 2.54 bits per heavy atom. The number of nitro groups is 1. The Balaban J connectivity index is 1.91. The second-order valence-corrected chi connectivity index (χ2v) is 6.10. The molecule has 0 atom stereocenters. The number of benzene rings is 2. The summed E-state index contributed by atoms with van der Waals surface area (Å²) in [6.45, 7) is 3.29. The summed E-state index contributed by atoms with van der Waals surface area (Å²) < 4.78 is 41.2.